The number of nitrogens with two attached hydrogens (primary N) is 1. The molecule has 0 unspecified atom stereocenters. The van der Waals surface area contributed by atoms with Crippen LogP contribution < -0.4 is 5.73 Å². The van der Waals surface area contributed by atoms with E-state index < -0.39 is 0 Å². The van der Waals surface area contributed by atoms with Crippen LogP contribution in [-0.4, -0.2) is 21.6 Å². The topological polar surface area (TPSA) is 74.9 Å². The molecule has 1 heterocycles. The zero-order valence-electron chi connectivity index (χ0n) is 9.74. The molecule has 0 aliphatic heterocycles. The van der Waals surface area contributed by atoms with Gasteiger partial charge in [0.2, 0.25) is 0 Å². The van der Waals surface area contributed by atoms with Gasteiger partial charge >= 0.3 is 0 Å². The average Bonchev–Trinajstić information content (AvgIpc) is 2.65. The van der Waals surface area contributed by atoms with Crippen molar-refractivity contribution in [1.29, 1.82) is 0 Å². The van der Waals surface area contributed by atoms with Gasteiger partial charge in [0, 0.05) is 12.5 Å². The van der Waals surface area contributed by atoms with Gasteiger partial charge in [-0.15, -0.1) is 0 Å². The standard InChI is InChI=1S/C13H17N3O/c14-8-13(4-1-5-13)7-12-15-10-3-2-9(17)6-11(10)16-12/h2-3,6,17H,1,4-5,7-8,14H2,(H,15,16). The molecule has 1 saturated carbocycles. The summed E-state index contributed by atoms with van der Waals surface area (Å²) in [5.41, 5.74) is 7.91. The van der Waals surface area contributed by atoms with Gasteiger partial charge in [-0.3, -0.25) is 0 Å². The maximum atomic E-state index is 9.41. The van der Waals surface area contributed by atoms with Crippen LogP contribution in [0.25, 0.3) is 11.0 Å². The van der Waals surface area contributed by atoms with E-state index in [9.17, 15) is 5.11 Å². The number of hydrogen-bond donors (Lipinski definition) is 3. The Kier molecular flexibility index (Phi) is 2.33. The molecule has 3 rings (SSSR count). The quantitative estimate of drug-likeness (QED) is 0.755. The lowest BCUT2D eigenvalue weighted by Gasteiger charge is -2.40. The highest BCUT2D eigenvalue weighted by atomic mass is 16.3. The highest BCUT2D eigenvalue weighted by Crippen LogP contribution is 2.42. The fraction of sp³-hybridized carbons (Fsp3) is 0.462. The Morgan fingerprint density at radius 3 is 2.88 bits per heavy atom. The fourth-order valence-electron chi connectivity index (χ4n) is 2.62. The normalized spacial score (nSPS) is 18.2. The lowest BCUT2D eigenvalue weighted by atomic mass is 9.66. The Morgan fingerprint density at radius 1 is 1.41 bits per heavy atom. The van der Waals surface area contributed by atoms with Gasteiger partial charge in [-0.1, -0.05) is 6.42 Å². The SMILES string of the molecule is NCC1(Cc2nc3ccc(O)cc3[nH]2)CCC1. The van der Waals surface area contributed by atoms with Crippen molar-refractivity contribution in [3.8, 4) is 5.75 Å². The van der Waals surface area contributed by atoms with Crippen LogP contribution in [0.3, 0.4) is 0 Å². The van der Waals surface area contributed by atoms with Gasteiger partial charge in [0.1, 0.15) is 11.6 Å². The first-order valence-electron chi connectivity index (χ1n) is 6.08. The monoisotopic (exact) mass is 231 g/mol. The number of H-pyrrole nitrogens is 1. The first-order chi connectivity index (χ1) is 8.21. The van der Waals surface area contributed by atoms with E-state index in [1.807, 2.05) is 6.07 Å². The Labute approximate surface area is 99.9 Å². The number of fused-ring (bicyclic) bond motifs is 1. The molecular formula is C13H17N3O. The van der Waals surface area contributed by atoms with Crippen molar-refractivity contribution in [3.63, 3.8) is 0 Å². The molecule has 0 spiro atoms. The minimum atomic E-state index is 0.260. The molecule has 90 valence electrons. The van der Waals surface area contributed by atoms with E-state index in [0.717, 1.165) is 29.8 Å². The Balaban J connectivity index is 1.90. The van der Waals surface area contributed by atoms with Crippen molar-refractivity contribution >= 4 is 11.0 Å². The predicted molar refractivity (Wildman–Crippen MR) is 66.8 cm³/mol. The second kappa shape index (κ2) is 3.74. The highest BCUT2D eigenvalue weighted by molar-refractivity contribution is 5.76. The van der Waals surface area contributed by atoms with Crippen molar-refractivity contribution in [1.82, 2.24) is 9.97 Å². The third-order valence-corrected chi connectivity index (χ3v) is 3.90. The zero-order chi connectivity index (χ0) is 11.9. The zero-order valence-corrected chi connectivity index (χ0v) is 9.74. The summed E-state index contributed by atoms with van der Waals surface area (Å²) in [6.45, 7) is 0.731. The number of aromatic amines is 1. The van der Waals surface area contributed by atoms with Crippen molar-refractivity contribution in [2.24, 2.45) is 11.1 Å². The van der Waals surface area contributed by atoms with E-state index in [4.69, 9.17) is 5.73 Å². The second-order valence-electron chi connectivity index (χ2n) is 5.12. The largest absolute Gasteiger partial charge is 0.508 e. The predicted octanol–water partition coefficient (Wildman–Crippen LogP) is 1.94. The number of aromatic nitrogens is 2. The van der Waals surface area contributed by atoms with E-state index in [2.05, 4.69) is 9.97 Å². The van der Waals surface area contributed by atoms with Gasteiger partial charge in [-0.25, -0.2) is 4.98 Å². The number of aromatic hydroxyl groups is 1. The molecule has 1 aromatic heterocycles. The van der Waals surface area contributed by atoms with Gasteiger partial charge in [0.25, 0.3) is 0 Å². The van der Waals surface area contributed by atoms with Crippen molar-refractivity contribution in [2.45, 2.75) is 25.7 Å². The summed E-state index contributed by atoms with van der Waals surface area (Å²) < 4.78 is 0. The lowest BCUT2D eigenvalue weighted by Crippen LogP contribution is -2.39. The number of nitrogens with one attached hydrogen (secondary N) is 1. The summed E-state index contributed by atoms with van der Waals surface area (Å²) in [4.78, 5) is 7.81. The first-order valence-corrected chi connectivity index (χ1v) is 6.08. The van der Waals surface area contributed by atoms with Gasteiger partial charge in [-0.2, -0.15) is 0 Å². The number of hydrogen-bond acceptors (Lipinski definition) is 3. The van der Waals surface area contributed by atoms with Gasteiger partial charge in [-0.05, 0) is 36.9 Å². The van der Waals surface area contributed by atoms with Gasteiger partial charge < -0.3 is 15.8 Å². The van der Waals surface area contributed by atoms with Crippen LogP contribution >= 0.6 is 0 Å². The number of rotatable bonds is 3. The minimum absolute atomic E-state index is 0.260. The molecule has 1 aliphatic carbocycles. The molecule has 4 nitrogen and oxygen atoms in total. The van der Waals surface area contributed by atoms with Crippen LogP contribution in [0.2, 0.25) is 0 Å². The van der Waals surface area contributed by atoms with Crippen LogP contribution in [0, 0.1) is 5.41 Å². The highest BCUT2D eigenvalue weighted by Gasteiger charge is 2.36. The summed E-state index contributed by atoms with van der Waals surface area (Å²) in [7, 11) is 0. The maximum Gasteiger partial charge on any atom is 0.117 e. The summed E-state index contributed by atoms with van der Waals surface area (Å²) in [6.07, 6.45) is 4.59. The summed E-state index contributed by atoms with van der Waals surface area (Å²) in [5.74, 6) is 1.25. The molecule has 1 aliphatic rings. The molecule has 0 bridgehead atoms. The van der Waals surface area contributed by atoms with Crippen molar-refractivity contribution in [2.75, 3.05) is 6.54 Å². The van der Waals surface area contributed by atoms with Gasteiger partial charge in [0.05, 0.1) is 11.0 Å². The van der Waals surface area contributed by atoms with Gasteiger partial charge in [0.15, 0.2) is 0 Å². The van der Waals surface area contributed by atoms with E-state index in [1.54, 1.807) is 12.1 Å². The van der Waals surface area contributed by atoms with Crippen LogP contribution in [0.1, 0.15) is 25.1 Å². The summed E-state index contributed by atoms with van der Waals surface area (Å²) >= 11 is 0. The minimum Gasteiger partial charge on any atom is -0.508 e. The number of nitrogens with zero attached hydrogens (tertiary/aromatic N) is 1. The number of imidazole rings is 1. The molecule has 0 saturated heterocycles. The molecule has 0 radical (unpaired) electrons. The maximum absolute atomic E-state index is 9.41. The van der Waals surface area contributed by atoms with E-state index in [0.29, 0.717) is 0 Å². The summed E-state index contributed by atoms with van der Waals surface area (Å²) in [6, 6.07) is 5.21. The van der Waals surface area contributed by atoms with Crippen LogP contribution in [0.15, 0.2) is 18.2 Å². The number of benzene rings is 1. The third-order valence-electron chi connectivity index (χ3n) is 3.90. The molecule has 4 N–H and O–H groups in total. The molecule has 0 amide bonds. The smallest absolute Gasteiger partial charge is 0.117 e. The van der Waals surface area contributed by atoms with E-state index in [-0.39, 0.29) is 11.2 Å². The fourth-order valence-corrected chi connectivity index (χ4v) is 2.62. The molecular weight excluding hydrogens is 214 g/mol. The van der Waals surface area contributed by atoms with Crippen molar-refractivity contribution < 1.29 is 5.11 Å². The van der Waals surface area contributed by atoms with Crippen LogP contribution in [0.5, 0.6) is 5.75 Å². The van der Waals surface area contributed by atoms with E-state index in [1.165, 1.54) is 19.3 Å². The Hall–Kier alpha value is -1.55. The molecule has 1 aromatic carbocycles. The third kappa shape index (κ3) is 1.78. The molecule has 4 heteroatoms. The molecule has 1 fully saturated rings. The number of phenolic OH excluding ortho intramolecular Hbond substituents is 1. The average molecular weight is 231 g/mol. The van der Waals surface area contributed by atoms with Crippen LogP contribution in [0.4, 0.5) is 0 Å². The molecule has 0 atom stereocenters. The van der Waals surface area contributed by atoms with Crippen LogP contribution in [-0.2, 0) is 6.42 Å². The summed E-state index contributed by atoms with van der Waals surface area (Å²) in [5, 5.41) is 9.41. The lowest BCUT2D eigenvalue weighted by molar-refractivity contribution is 0.142. The first kappa shape index (κ1) is 10.6. The molecule has 17 heavy (non-hydrogen) atoms. The van der Waals surface area contributed by atoms with E-state index >= 15 is 0 Å². The molecule has 2 aromatic rings. The Bertz CT molecular complexity index is 537. The second-order valence-corrected chi connectivity index (χ2v) is 5.12. The Morgan fingerprint density at radius 2 is 2.24 bits per heavy atom. The van der Waals surface area contributed by atoms with Crippen molar-refractivity contribution in [3.05, 3.63) is 24.0 Å². The number of phenols is 1.